The summed E-state index contributed by atoms with van der Waals surface area (Å²) in [6, 6.07) is 8.33. The Hall–Kier alpha value is -1.06. The number of aliphatic hydroxyl groups is 1. The highest BCUT2D eigenvalue weighted by molar-refractivity contribution is 5.44. The first kappa shape index (κ1) is 13.0. The molecule has 0 radical (unpaired) electrons. The Morgan fingerprint density at radius 2 is 1.88 bits per heavy atom. The molecule has 3 nitrogen and oxygen atoms in total. The van der Waals surface area contributed by atoms with Gasteiger partial charge in [-0.05, 0) is 30.0 Å². The Bertz CT molecular complexity index is 295. The first-order valence-electron chi connectivity index (χ1n) is 5.82. The summed E-state index contributed by atoms with van der Waals surface area (Å²) < 4.78 is 0. The van der Waals surface area contributed by atoms with Crippen molar-refractivity contribution < 1.29 is 5.11 Å². The molecule has 90 valence electrons. The lowest BCUT2D eigenvalue weighted by Crippen LogP contribution is -2.27. The maximum Gasteiger partial charge on any atom is 0.0834 e. The van der Waals surface area contributed by atoms with Crippen molar-refractivity contribution in [3.8, 4) is 0 Å². The zero-order valence-corrected chi connectivity index (χ0v) is 10.1. The lowest BCUT2D eigenvalue weighted by atomic mass is 10.0. The summed E-state index contributed by atoms with van der Waals surface area (Å²) in [5.41, 5.74) is 7.70. The van der Waals surface area contributed by atoms with Crippen LogP contribution in [0.4, 0.5) is 5.69 Å². The highest BCUT2D eigenvalue weighted by atomic mass is 16.3. The van der Waals surface area contributed by atoms with E-state index < -0.39 is 6.10 Å². The van der Waals surface area contributed by atoms with Gasteiger partial charge in [-0.3, -0.25) is 0 Å². The molecule has 3 heteroatoms. The van der Waals surface area contributed by atoms with E-state index >= 15 is 0 Å². The molecule has 0 aliphatic carbocycles. The van der Waals surface area contributed by atoms with Gasteiger partial charge in [-0.15, -0.1) is 0 Å². The number of anilines is 1. The Morgan fingerprint density at radius 1 is 1.25 bits per heavy atom. The van der Waals surface area contributed by atoms with E-state index in [1.807, 2.05) is 12.1 Å². The molecule has 0 heterocycles. The van der Waals surface area contributed by atoms with Gasteiger partial charge < -0.3 is 16.2 Å². The zero-order valence-electron chi connectivity index (χ0n) is 10.1. The van der Waals surface area contributed by atoms with E-state index in [2.05, 4.69) is 31.3 Å². The van der Waals surface area contributed by atoms with Gasteiger partial charge in [-0.2, -0.15) is 0 Å². The van der Waals surface area contributed by atoms with Crippen molar-refractivity contribution in [3.05, 3.63) is 29.8 Å². The van der Waals surface area contributed by atoms with Crippen LogP contribution in [-0.4, -0.2) is 24.3 Å². The molecule has 0 saturated heterocycles. The summed E-state index contributed by atoms with van der Waals surface area (Å²) in [6.07, 6.45) is 0.626. The van der Waals surface area contributed by atoms with Crippen LogP contribution in [-0.2, 0) is 6.42 Å². The molecule has 1 atom stereocenters. The van der Waals surface area contributed by atoms with Crippen molar-refractivity contribution >= 4 is 5.69 Å². The Morgan fingerprint density at radius 3 is 2.38 bits per heavy atom. The number of aliphatic hydroxyl groups excluding tert-OH is 1. The second-order valence-electron chi connectivity index (χ2n) is 4.57. The molecule has 0 aliphatic rings. The van der Waals surface area contributed by atoms with E-state index in [1.165, 1.54) is 5.56 Å². The van der Waals surface area contributed by atoms with Crippen LogP contribution in [0.25, 0.3) is 0 Å². The lowest BCUT2D eigenvalue weighted by molar-refractivity contribution is 0.196. The molecular formula is C13H22N2O. The second kappa shape index (κ2) is 6.51. The van der Waals surface area contributed by atoms with Crippen LogP contribution in [0.5, 0.6) is 0 Å². The highest BCUT2D eigenvalue weighted by Gasteiger charge is 2.01. The van der Waals surface area contributed by atoms with E-state index in [9.17, 15) is 5.11 Å². The van der Waals surface area contributed by atoms with Crippen LogP contribution in [0, 0.1) is 5.92 Å². The van der Waals surface area contributed by atoms with Crippen LogP contribution >= 0.6 is 0 Å². The third-order valence-electron chi connectivity index (χ3n) is 2.41. The number of nitrogens with one attached hydrogen (secondary N) is 1. The normalized spacial score (nSPS) is 12.8. The van der Waals surface area contributed by atoms with E-state index in [0.717, 1.165) is 12.1 Å². The summed E-state index contributed by atoms with van der Waals surface area (Å²) in [5.74, 6) is 0.679. The topological polar surface area (TPSA) is 58.3 Å². The summed E-state index contributed by atoms with van der Waals surface area (Å²) in [6.45, 7) is 5.21. The van der Waals surface area contributed by atoms with Gasteiger partial charge >= 0.3 is 0 Å². The van der Waals surface area contributed by atoms with Gasteiger partial charge in [0.25, 0.3) is 0 Å². The summed E-state index contributed by atoms with van der Waals surface area (Å²) >= 11 is 0. The molecule has 1 aromatic rings. The molecule has 0 bridgehead atoms. The van der Waals surface area contributed by atoms with Crippen LogP contribution < -0.4 is 11.1 Å². The minimum absolute atomic E-state index is 0.290. The van der Waals surface area contributed by atoms with Crippen molar-refractivity contribution in [2.45, 2.75) is 26.4 Å². The van der Waals surface area contributed by atoms with E-state index in [1.54, 1.807) is 0 Å². The van der Waals surface area contributed by atoms with Gasteiger partial charge in [0, 0.05) is 18.8 Å². The molecule has 0 fully saturated rings. The Kier molecular flexibility index (Phi) is 5.29. The van der Waals surface area contributed by atoms with Gasteiger partial charge in [0.05, 0.1) is 6.10 Å². The smallest absolute Gasteiger partial charge is 0.0834 e. The quantitative estimate of drug-likeness (QED) is 0.685. The minimum atomic E-state index is -0.477. The molecule has 4 N–H and O–H groups in total. The van der Waals surface area contributed by atoms with Crippen molar-refractivity contribution in [2.24, 2.45) is 11.7 Å². The first-order valence-corrected chi connectivity index (χ1v) is 5.82. The fourth-order valence-electron chi connectivity index (χ4n) is 1.55. The van der Waals surface area contributed by atoms with Crippen molar-refractivity contribution in [3.63, 3.8) is 0 Å². The van der Waals surface area contributed by atoms with Gasteiger partial charge in [0.1, 0.15) is 0 Å². The zero-order chi connectivity index (χ0) is 12.0. The predicted molar refractivity (Wildman–Crippen MR) is 68.5 cm³/mol. The Labute approximate surface area is 97.7 Å². The molecule has 0 aliphatic heterocycles. The SMILES string of the molecule is CC(C)Cc1ccc(NCC(O)CN)cc1. The molecule has 0 saturated carbocycles. The third-order valence-corrected chi connectivity index (χ3v) is 2.41. The monoisotopic (exact) mass is 222 g/mol. The summed E-state index contributed by atoms with van der Waals surface area (Å²) in [7, 11) is 0. The molecule has 1 aromatic carbocycles. The molecule has 1 unspecified atom stereocenters. The standard InChI is InChI=1S/C13H22N2O/c1-10(2)7-11-3-5-12(6-4-11)15-9-13(16)8-14/h3-6,10,13,15-16H,7-9,14H2,1-2H3. The lowest BCUT2D eigenvalue weighted by Gasteiger charge is -2.11. The van der Waals surface area contributed by atoms with Crippen LogP contribution in [0.3, 0.4) is 0 Å². The fourth-order valence-corrected chi connectivity index (χ4v) is 1.55. The van der Waals surface area contributed by atoms with Crippen LogP contribution in [0.1, 0.15) is 19.4 Å². The number of nitrogens with two attached hydrogens (primary N) is 1. The van der Waals surface area contributed by atoms with Gasteiger partial charge in [-0.1, -0.05) is 26.0 Å². The predicted octanol–water partition coefficient (Wildman–Crippen LogP) is 1.62. The van der Waals surface area contributed by atoms with Crippen LogP contribution in [0.15, 0.2) is 24.3 Å². The summed E-state index contributed by atoms with van der Waals surface area (Å²) in [4.78, 5) is 0. The van der Waals surface area contributed by atoms with E-state index in [-0.39, 0.29) is 0 Å². The largest absolute Gasteiger partial charge is 0.390 e. The van der Waals surface area contributed by atoms with Crippen molar-refractivity contribution in [1.82, 2.24) is 0 Å². The maximum absolute atomic E-state index is 9.31. The molecule has 16 heavy (non-hydrogen) atoms. The molecule has 0 aromatic heterocycles. The highest BCUT2D eigenvalue weighted by Crippen LogP contribution is 2.12. The fraction of sp³-hybridized carbons (Fsp3) is 0.538. The number of benzene rings is 1. The van der Waals surface area contributed by atoms with Crippen molar-refractivity contribution in [1.29, 1.82) is 0 Å². The van der Waals surface area contributed by atoms with Gasteiger partial charge in [0.2, 0.25) is 0 Å². The molecule has 1 rings (SSSR count). The number of rotatable bonds is 6. The average Bonchev–Trinajstić information content (AvgIpc) is 2.27. The van der Waals surface area contributed by atoms with Crippen LogP contribution in [0.2, 0.25) is 0 Å². The second-order valence-corrected chi connectivity index (χ2v) is 4.57. The Balaban J connectivity index is 2.45. The molecular weight excluding hydrogens is 200 g/mol. The van der Waals surface area contributed by atoms with E-state index in [4.69, 9.17) is 5.73 Å². The molecule has 0 spiro atoms. The number of hydrogen-bond donors (Lipinski definition) is 3. The summed E-state index contributed by atoms with van der Waals surface area (Å²) in [5, 5.41) is 12.5. The molecule has 0 amide bonds. The van der Waals surface area contributed by atoms with Gasteiger partial charge in [-0.25, -0.2) is 0 Å². The minimum Gasteiger partial charge on any atom is -0.390 e. The maximum atomic E-state index is 9.31. The average molecular weight is 222 g/mol. The first-order chi connectivity index (χ1) is 7.61. The van der Waals surface area contributed by atoms with Crippen molar-refractivity contribution in [2.75, 3.05) is 18.4 Å². The van der Waals surface area contributed by atoms with Gasteiger partial charge in [0.15, 0.2) is 0 Å². The third kappa shape index (κ3) is 4.64. The number of hydrogen-bond acceptors (Lipinski definition) is 3. The van der Waals surface area contributed by atoms with E-state index in [0.29, 0.717) is 19.0 Å².